The summed E-state index contributed by atoms with van der Waals surface area (Å²) in [6, 6.07) is 3.83. The summed E-state index contributed by atoms with van der Waals surface area (Å²) in [6.07, 6.45) is 2.03. The molecule has 6 nitrogen and oxygen atoms in total. The van der Waals surface area contributed by atoms with Crippen LogP contribution in [0.25, 0.3) is 0 Å². The number of hydrogen-bond acceptors (Lipinski definition) is 4. The molecule has 0 radical (unpaired) electrons. The van der Waals surface area contributed by atoms with E-state index in [0.29, 0.717) is 19.0 Å². The van der Waals surface area contributed by atoms with Crippen molar-refractivity contribution < 1.29 is 9.90 Å². The summed E-state index contributed by atoms with van der Waals surface area (Å²) in [4.78, 5) is 16.9. The van der Waals surface area contributed by atoms with Crippen LogP contribution in [0.1, 0.15) is 31.6 Å². The van der Waals surface area contributed by atoms with Gasteiger partial charge in [0, 0.05) is 30.4 Å². The van der Waals surface area contributed by atoms with Crippen molar-refractivity contribution in [2.45, 2.75) is 32.3 Å². The van der Waals surface area contributed by atoms with Crippen LogP contribution in [0.4, 0.5) is 0 Å². The topological polar surface area (TPSA) is 85.8 Å². The molecule has 1 heterocycles. The highest BCUT2D eigenvalue weighted by Crippen LogP contribution is 2.28. The van der Waals surface area contributed by atoms with E-state index in [1.165, 1.54) is 11.3 Å². The van der Waals surface area contributed by atoms with Crippen LogP contribution in [0.3, 0.4) is 0 Å². The molecule has 0 aromatic carbocycles. The second-order valence-electron chi connectivity index (χ2n) is 5.94. The fourth-order valence-electron chi connectivity index (χ4n) is 2.09. The minimum atomic E-state index is -0.975. The fraction of sp³-hybridized carbons (Fsp3) is 0.625. The molecule has 1 fully saturated rings. The summed E-state index contributed by atoms with van der Waals surface area (Å²) in [7, 11) is 0. The Morgan fingerprint density at radius 2 is 2.08 bits per heavy atom. The largest absolute Gasteiger partial charge is 0.383 e. The molecule has 0 aliphatic heterocycles. The first-order valence-corrected chi connectivity index (χ1v) is 8.97. The number of guanidine groups is 1. The average Bonchev–Trinajstić information content (AvgIpc) is 3.22. The molecule has 1 amide bonds. The lowest BCUT2D eigenvalue weighted by atomic mass is 10.1. The SMILES string of the molecule is CCNC(=NCC(C)(O)c1cccs1)NCCNC(=O)C1CC1.I. The number of carbonyl (C=O) groups excluding carboxylic acids is 1. The van der Waals surface area contributed by atoms with E-state index in [4.69, 9.17) is 0 Å². The lowest BCUT2D eigenvalue weighted by Crippen LogP contribution is -2.42. The van der Waals surface area contributed by atoms with Crippen LogP contribution in [-0.2, 0) is 10.4 Å². The van der Waals surface area contributed by atoms with E-state index in [0.717, 1.165) is 24.3 Å². The highest BCUT2D eigenvalue weighted by atomic mass is 127. The lowest BCUT2D eigenvalue weighted by molar-refractivity contribution is -0.122. The number of halogens is 1. The van der Waals surface area contributed by atoms with Crippen molar-refractivity contribution in [1.82, 2.24) is 16.0 Å². The Balaban J connectivity index is 0.00000288. The van der Waals surface area contributed by atoms with E-state index in [9.17, 15) is 9.90 Å². The molecule has 1 aromatic rings. The second kappa shape index (κ2) is 10.2. The molecule has 1 unspecified atom stereocenters. The Morgan fingerprint density at radius 1 is 1.38 bits per heavy atom. The first-order chi connectivity index (χ1) is 11.0. The average molecular weight is 466 g/mol. The van der Waals surface area contributed by atoms with Gasteiger partial charge in [-0.3, -0.25) is 4.79 Å². The molecule has 0 bridgehead atoms. The summed E-state index contributed by atoms with van der Waals surface area (Å²) < 4.78 is 0. The van der Waals surface area contributed by atoms with Gasteiger partial charge in [-0.2, -0.15) is 0 Å². The number of aliphatic hydroxyl groups is 1. The number of hydrogen-bond donors (Lipinski definition) is 4. The summed E-state index contributed by atoms with van der Waals surface area (Å²) >= 11 is 1.52. The van der Waals surface area contributed by atoms with Gasteiger partial charge in [0.25, 0.3) is 0 Å². The zero-order chi connectivity index (χ0) is 16.7. The lowest BCUT2D eigenvalue weighted by Gasteiger charge is -2.20. The molecule has 1 aliphatic rings. The van der Waals surface area contributed by atoms with E-state index in [-0.39, 0.29) is 42.3 Å². The molecule has 0 spiro atoms. The minimum absolute atomic E-state index is 0. The molecular weight excluding hydrogens is 439 g/mol. The van der Waals surface area contributed by atoms with Crippen LogP contribution in [0.2, 0.25) is 0 Å². The zero-order valence-electron chi connectivity index (χ0n) is 14.2. The van der Waals surface area contributed by atoms with Crippen LogP contribution < -0.4 is 16.0 Å². The van der Waals surface area contributed by atoms with E-state index in [1.807, 2.05) is 24.4 Å². The summed E-state index contributed by atoms with van der Waals surface area (Å²) in [5, 5.41) is 21.7. The van der Waals surface area contributed by atoms with Crippen molar-refractivity contribution in [2.75, 3.05) is 26.2 Å². The first-order valence-electron chi connectivity index (χ1n) is 8.09. The molecule has 1 aromatic heterocycles. The molecule has 4 N–H and O–H groups in total. The van der Waals surface area contributed by atoms with E-state index >= 15 is 0 Å². The van der Waals surface area contributed by atoms with Gasteiger partial charge >= 0.3 is 0 Å². The summed E-state index contributed by atoms with van der Waals surface area (Å²) in [5.74, 6) is 1.03. The van der Waals surface area contributed by atoms with Gasteiger partial charge in [0.1, 0.15) is 5.60 Å². The van der Waals surface area contributed by atoms with Gasteiger partial charge < -0.3 is 21.1 Å². The third-order valence-electron chi connectivity index (χ3n) is 3.61. The summed E-state index contributed by atoms with van der Waals surface area (Å²) in [6.45, 7) is 5.94. The molecule has 24 heavy (non-hydrogen) atoms. The van der Waals surface area contributed by atoms with E-state index < -0.39 is 5.60 Å². The van der Waals surface area contributed by atoms with Crippen LogP contribution in [0.5, 0.6) is 0 Å². The number of nitrogens with one attached hydrogen (secondary N) is 3. The van der Waals surface area contributed by atoms with Crippen LogP contribution in [0, 0.1) is 5.92 Å². The predicted octanol–water partition coefficient (Wildman–Crippen LogP) is 1.65. The standard InChI is InChI=1S/C16H26N4O2S.HI/c1-3-17-15(19-9-8-18-14(21)12-6-7-12)20-11-16(2,22)13-5-4-10-23-13;/h4-5,10,12,22H,3,6-9,11H2,1-2H3,(H,18,21)(H2,17,19,20);1H. The Labute approximate surface area is 164 Å². The van der Waals surface area contributed by atoms with Gasteiger partial charge in [-0.1, -0.05) is 6.07 Å². The smallest absolute Gasteiger partial charge is 0.223 e. The maximum atomic E-state index is 11.5. The molecule has 0 saturated heterocycles. The van der Waals surface area contributed by atoms with Crippen molar-refractivity contribution in [2.24, 2.45) is 10.9 Å². The Kier molecular flexibility index (Phi) is 8.99. The maximum absolute atomic E-state index is 11.5. The van der Waals surface area contributed by atoms with Gasteiger partial charge in [0.15, 0.2) is 5.96 Å². The van der Waals surface area contributed by atoms with Gasteiger partial charge in [-0.25, -0.2) is 4.99 Å². The molecule has 1 aliphatic carbocycles. The van der Waals surface area contributed by atoms with Crippen LogP contribution in [-0.4, -0.2) is 43.2 Å². The molecule has 136 valence electrons. The van der Waals surface area contributed by atoms with Gasteiger partial charge in [-0.15, -0.1) is 35.3 Å². The molecule has 1 atom stereocenters. The minimum Gasteiger partial charge on any atom is -0.383 e. The van der Waals surface area contributed by atoms with Crippen LogP contribution >= 0.6 is 35.3 Å². The van der Waals surface area contributed by atoms with Crippen LogP contribution in [0.15, 0.2) is 22.5 Å². The summed E-state index contributed by atoms with van der Waals surface area (Å²) in [5.41, 5.74) is -0.975. The van der Waals surface area contributed by atoms with Crippen molar-refractivity contribution in [3.8, 4) is 0 Å². The second-order valence-corrected chi connectivity index (χ2v) is 6.89. The fourth-order valence-corrected chi connectivity index (χ4v) is 2.87. The normalized spacial score (nSPS) is 16.7. The maximum Gasteiger partial charge on any atom is 0.223 e. The Hall–Kier alpha value is -0.870. The van der Waals surface area contributed by atoms with Gasteiger partial charge in [0.05, 0.1) is 6.54 Å². The third kappa shape index (κ3) is 6.94. The first kappa shape index (κ1) is 21.2. The zero-order valence-corrected chi connectivity index (χ0v) is 17.3. The highest BCUT2D eigenvalue weighted by Gasteiger charge is 2.29. The number of rotatable bonds is 8. The van der Waals surface area contributed by atoms with Gasteiger partial charge in [-0.05, 0) is 38.1 Å². The quantitative estimate of drug-likeness (QED) is 0.203. The Bertz CT molecular complexity index is 530. The van der Waals surface area contributed by atoms with Gasteiger partial charge in [0.2, 0.25) is 5.91 Å². The third-order valence-corrected chi connectivity index (χ3v) is 4.73. The number of nitrogens with zero attached hydrogens (tertiary/aromatic N) is 1. The van der Waals surface area contributed by atoms with Crippen molar-refractivity contribution in [1.29, 1.82) is 0 Å². The molecule has 8 heteroatoms. The van der Waals surface area contributed by atoms with E-state index in [2.05, 4.69) is 20.9 Å². The molecule has 1 saturated carbocycles. The molecular formula is C16H27IN4O2S. The Morgan fingerprint density at radius 3 is 2.67 bits per heavy atom. The van der Waals surface area contributed by atoms with Crippen molar-refractivity contribution in [3.05, 3.63) is 22.4 Å². The number of thiophene rings is 1. The number of carbonyl (C=O) groups is 1. The predicted molar refractivity (Wildman–Crippen MR) is 109 cm³/mol. The monoisotopic (exact) mass is 466 g/mol. The van der Waals surface area contributed by atoms with E-state index in [1.54, 1.807) is 6.92 Å². The number of aliphatic imine (C=N–C) groups is 1. The van der Waals surface area contributed by atoms with Crippen molar-refractivity contribution >= 4 is 47.2 Å². The molecule has 2 rings (SSSR count). The van der Waals surface area contributed by atoms with Crippen molar-refractivity contribution in [3.63, 3.8) is 0 Å². The number of amides is 1. The highest BCUT2D eigenvalue weighted by molar-refractivity contribution is 14.0.